The first-order valence-electron chi connectivity index (χ1n) is 3.89. The summed E-state index contributed by atoms with van der Waals surface area (Å²) >= 11 is 4.56. The zero-order valence-corrected chi connectivity index (χ0v) is 7.64. The first-order valence-corrected chi connectivity index (χ1v) is 4.30. The lowest BCUT2D eigenvalue weighted by molar-refractivity contribution is 1.41. The maximum atomic E-state index is 4.56. The van der Waals surface area contributed by atoms with Crippen LogP contribution >= 0.6 is 12.2 Å². The monoisotopic (exact) mass is 187 g/mol. The molecule has 2 aromatic rings. The lowest BCUT2D eigenvalue weighted by Gasteiger charge is -1.99. The second-order valence-electron chi connectivity index (χ2n) is 2.62. The summed E-state index contributed by atoms with van der Waals surface area (Å²) in [5, 5.41) is 3.88. The van der Waals surface area contributed by atoms with Crippen LogP contribution in [-0.4, -0.2) is 10.5 Å². The fraction of sp³-hybridized carbons (Fsp3) is 0. The van der Waals surface area contributed by atoms with Crippen molar-refractivity contribution in [2.45, 2.75) is 0 Å². The van der Waals surface area contributed by atoms with E-state index in [2.05, 4.69) is 28.0 Å². The van der Waals surface area contributed by atoms with E-state index >= 15 is 0 Å². The van der Waals surface area contributed by atoms with Crippen molar-refractivity contribution in [3.05, 3.63) is 36.4 Å². The Balaban J connectivity index is 2.55. The summed E-state index contributed by atoms with van der Waals surface area (Å²) < 4.78 is 0. The van der Waals surface area contributed by atoms with Gasteiger partial charge in [-0.05, 0) is 18.2 Å². The van der Waals surface area contributed by atoms with Crippen molar-refractivity contribution in [2.24, 2.45) is 0 Å². The number of anilines is 1. The smallest absolute Gasteiger partial charge is 0.140 e. The van der Waals surface area contributed by atoms with Gasteiger partial charge in [-0.2, -0.15) is 0 Å². The Bertz CT molecular complexity index is 440. The van der Waals surface area contributed by atoms with Crippen LogP contribution < -0.4 is 5.32 Å². The van der Waals surface area contributed by atoms with Crippen LogP contribution in [0.15, 0.2) is 36.4 Å². The molecule has 63 valence electrons. The van der Waals surface area contributed by atoms with E-state index in [1.54, 1.807) is 0 Å². The largest absolute Gasteiger partial charge is 0.329 e. The molecule has 1 heterocycles. The third-order valence-electron chi connectivity index (χ3n) is 1.78. The molecular formula is C10H7N2S. The Hall–Kier alpha value is -1.48. The molecule has 0 aliphatic carbocycles. The maximum Gasteiger partial charge on any atom is 0.140 e. The van der Waals surface area contributed by atoms with E-state index < -0.39 is 0 Å². The summed E-state index contributed by atoms with van der Waals surface area (Å²) in [6.07, 6.45) is 0. The quantitative estimate of drug-likeness (QED) is 0.577. The number of rotatable bonds is 2. The summed E-state index contributed by atoms with van der Waals surface area (Å²) in [5.41, 5.74) is 3.38. The molecule has 2 rings (SSSR count). The van der Waals surface area contributed by atoms with E-state index in [0.717, 1.165) is 16.7 Å². The molecule has 1 aromatic carbocycles. The molecule has 3 heteroatoms. The van der Waals surface area contributed by atoms with E-state index in [-0.39, 0.29) is 0 Å². The minimum Gasteiger partial charge on any atom is -0.329 e. The SMILES string of the molecule is S=[C]Nc1ccc2ccccc2n1. The maximum absolute atomic E-state index is 4.56. The number of aromatic nitrogens is 1. The van der Waals surface area contributed by atoms with Gasteiger partial charge >= 0.3 is 0 Å². The van der Waals surface area contributed by atoms with Gasteiger partial charge in [0.05, 0.1) is 5.52 Å². The zero-order chi connectivity index (χ0) is 9.10. The Morgan fingerprint density at radius 3 is 2.85 bits per heavy atom. The Labute approximate surface area is 81.6 Å². The van der Waals surface area contributed by atoms with Crippen LogP contribution in [0.5, 0.6) is 0 Å². The average molecular weight is 187 g/mol. The first kappa shape index (κ1) is 8.13. The Morgan fingerprint density at radius 1 is 1.15 bits per heavy atom. The lowest BCUT2D eigenvalue weighted by Crippen LogP contribution is -1.94. The Kier molecular flexibility index (Phi) is 2.19. The molecule has 0 fully saturated rings. The van der Waals surface area contributed by atoms with Gasteiger partial charge in [0.1, 0.15) is 11.3 Å². The van der Waals surface area contributed by atoms with Crippen molar-refractivity contribution in [3.63, 3.8) is 0 Å². The average Bonchev–Trinajstić information content (AvgIpc) is 2.18. The second kappa shape index (κ2) is 3.49. The molecule has 0 bridgehead atoms. The molecule has 0 atom stereocenters. The molecule has 0 amide bonds. The molecular weight excluding hydrogens is 180 g/mol. The van der Waals surface area contributed by atoms with Crippen LogP contribution in [0.3, 0.4) is 0 Å². The lowest BCUT2D eigenvalue weighted by atomic mass is 10.2. The molecule has 13 heavy (non-hydrogen) atoms. The van der Waals surface area contributed by atoms with E-state index in [1.807, 2.05) is 36.4 Å². The predicted octanol–water partition coefficient (Wildman–Crippen LogP) is 2.48. The number of nitrogens with one attached hydrogen (secondary N) is 1. The first-order chi connectivity index (χ1) is 6.40. The van der Waals surface area contributed by atoms with Crippen molar-refractivity contribution >= 4 is 34.4 Å². The van der Waals surface area contributed by atoms with Gasteiger partial charge in [0.15, 0.2) is 0 Å². The van der Waals surface area contributed by atoms with Crippen LogP contribution in [0.1, 0.15) is 0 Å². The van der Waals surface area contributed by atoms with E-state index in [1.165, 1.54) is 0 Å². The van der Waals surface area contributed by atoms with Gasteiger partial charge in [0.25, 0.3) is 0 Å². The molecule has 0 aliphatic rings. The normalized spacial score (nSPS) is 9.85. The molecule has 0 saturated carbocycles. The molecule has 1 aromatic heterocycles. The standard InChI is InChI=1S/C10H7N2S/c13-7-11-10-6-5-8-3-1-2-4-9(8)12-10/h1-6H,(H,11,12,13). The fourth-order valence-electron chi connectivity index (χ4n) is 1.19. The minimum atomic E-state index is 0.730. The summed E-state index contributed by atoms with van der Waals surface area (Å²) in [7, 11) is 0. The van der Waals surface area contributed by atoms with Gasteiger partial charge < -0.3 is 5.32 Å². The number of fused-ring (bicyclic) bond motifs is 1. The van der Waals surface area contributed by atoms with Crippen molar-refractivity contribution in [1.29, 1.82) is 0 Å². The van der Waals surface area contributed by atoms with E-state index in [9.17, 15) is 0 Å². The van der Waals surface area contributed by atoms with Gasteiger partial charge in [-0.15, -0.1) is 0 Å². The highest BCUT2D eigenvalue weighted by Crippen LogP contribution is 2.13. The molecule has 0 spiro atoms. The summed E-state index contributed by atoms with van der Waals surface area (Å²) in [4.78, 5) is 4.32. The molecule has 0 unspecified atom stereocenters. The third kappa shape index (κ3) is 1.65. The second-order valence-corrected chi connectivity index (χ2v) is 2.82. The minimum absolute atomic E-state index is 0.730. The summed E-state index contributed by atoms with van der Waals surface area (Å²) in [6.45, 7) is 0. The highest BCUT2D eigenvalue weighted by Gasteiger charge is 1.94. The molecule has 1 radical (unpaired) electrons. The van der Waals surface area contributed by atoms with Crippen molar-refractivity contribution in [3.8, 4) is 0 Å². The third-order valence-corrected chi connectivity index (χ3v) is 1.88. The summed E-state index contributed by atoms with van der Waals surface area (Å²) in [5.74, 6) is 0.730. The number of benzene rings is 1. The van der Waals surface area contributed by atoms with Gasteiger partial charge in [0, 0.05) is 5.39 Å². The molecule has 0 aliphatic heterocycles. The van der Waals surface area contributed by atoms with Crippen LogP contribution in [0, 0.1) is 0 Å². The highest BCUT2D eigenvalue weighted by atomic mass is 32.1. The van der Waals surface area contributed by atoms with Crippen LogP contribution in [0.4, 0.5) is 5.82 Å². The van der Waals surface area contributed by atoms with Crippen molar-refractivity contribution < 1.29 is 0 Å². The molecule has 0 saturated heterocycles. The van der Waals surface area contributed by atoms with Crippen LogP contribution in [-0.2, 0) is 0 Å². The van der Waals surface area contributed by atoms with E-state index in [0.29, 0.717) is 0 Å². The van der Waals surface area contributed by atoms with Crippen molar-refractivity contribution in [1.82, 2.24) is 4.98 Å². The molecule has 1 N–H and O–H groups in total. The van der Waals surface area contributed by atoms with Gasteiger partial charge in [-0.25, -0.2) is 4.98 Å². The fourth-order valence-corrected chi connectivity index (χ4v) is 1.29. The number of hydrogen-bond donors (Lipinski definition) is 1. The van der Waals surface area contributed by atoms with E-state index in [4.69, 9.17) is 0 Å². The number of para-hydroxylation sites is 1. The van der Waals surface area contributed by atoms with Crippen LogP contribution in [0.2, 0.25) is 0 Å². The van der Waals surface area contributed by atoms with Gasteiger partial charge in [-0.3, -0.25) is 0 Å². The summed E-state index contributed by atoms with van der Waals surface area (Å²) in [6, 6.07) is 11.8. The predicted molar refractivity (Wildman–Crippen MR) is 58.0 cm³/mol. The van der Waals surface area contributed by atoms with Gasteiger partial charge in [-0.1, -0.05) is 30.4 Å². The topological polar surface area (TPSA) is 24.9 Å². The number of nitrogens with zero attached hydrogens (tertiary/aromatic N) is 1. The zero-order valence-electron chi connectivity index (χ0n) is 6.82. The number of pyridine rings is 1. The van der Waals surface area contributed by atoms with Gasteiger partial charge in [0.2, 0.25) is 0 Å². The highest BCUT2D eigenvalue weighted by molar-refractivity contribution is 7.79. The van der Waals surface area contributed by atoms with Crippen molar-refractivity contribution in [2.75, 3.05) is 5.32 Å². The molecule has 2 nitrogen and oxygen atoms in total. The van der Waals surface area contributed by atoms with Crippen LogP contribution in [0.25, 0.3) is 10.9 Å². The number of hydrogen-bond acceptors (Lipinski definition) is 2. The number of thiocarbonyl (C=S) groups is 1. The Morgan fingerprint density at radius 2 is 2.00 bits per heavy atom.